The molecule has 0 atom stereocenters. The second-order valence-electron chi connectivity index (χ2n) is 5.95. The van der Waals surface area contributed by atoms with Gasteiger partial charge in [-0.1, -0.05) is 29.3 Å². The van der Waals surface area contributed by atoms with Crippen molar-refractivity contribution in [1.29, 1.82) is 0 Å². The second-order valence-corrected chi connectivity index (χ2v) is 7.88. The smallest absolute Gasteiger partial charge is 0.308 e. The Kier molecular flexibility index (Phi) is 5.57. The van der Waals surface area contributed by atoms with Gasteiger partial charge >= 0.3 is 5.97 Å². The van der Waals surface area contributed by atoms with Crippen LogP contribution in [0.3, 0.4) is 0 Å². The number of benzene rings is 2. The maximum Gasteiger partial charge on any atom is 0.308 e. The fraction of sp³-hybridized carbons (Fsp3) is 0.105. The zero-order chi connectivity index (χ0) is 20.4. The van der Waals surface area contributed by atoms with Gasteiger partial charge < -0.3 is 10.1 Å². The van der Waals surface area contributed by atoms with Crippen LogP contribution < -0.4 is 10.1 Å². The van der Waals surface area contributed by atoms with Crippen LogP contribution in [0.2, 0.25) is 10.0 Å². The van der Waals surface area contributed by atoms with Crippen molar-refractivity contribution >= 4 is 56.7 Å². The van der Waals surface area contributed by atoms with Crippen LogP contribution in [0.1, 0.15) is 11.9 Å². The number of rotatable bonds is 5. The van der Waals surface area contributed by atoms with Crippen molar-refractivity contribution < 1.29 is 9.53 Å². The highest BCUT2D eigenvalue weighted by atomic mass is 35.5. The number of aromatic nitrogens is 4. The van der Waals surface area contributed by atoms with E-state index in [4.69, 9.17) is 27.9 Å². The van der Waals surface area contributed by atoms with Crippen LogP contribution in [0, 0.1) is 0 Å². The summed E-state index contributed by atoms with van der Waals surface area (Å²) in [6, 6.07) is 10.6. The molecule has 4 aromatic rings. The van der Waals surface area contributed by atoms with E-state index in [9.17, 15) is 4.79 Å². The molecule has 10 heteroatoms. The summed E-state index contributed by atoms with van der Waals surface area (Å²) in [4.78, 5) is 20.1. The number of thiazole rings is 1. The number of halogens is 2. The Hall–Kier alpha value is -2.81. The molecule has 0 fully saturated rings. The van der Waals surface area contributed by atoms with Gasteiger partial charge in [0.25, 0.3) is 0 Å². The Bertz CT molecular complexity index is 1190. The van der Waals surface area contributed by atoms with Crippen LogP contribution in [0.5, 0.6) is 5.75 Å². The third kappa shape index (κ3) is 4.45. The van der Waals surface area contributed by atoms with Gasteiger partial charge in [-0.15, -0.1) is 16.4 Å². The predicted molar refractivity (Wildman–Crippen MR) is 114 cm³/mol. The number of anilines is 1. The maximum absolute atomic E-state index is 11.1. The molecule has 4 rings (SSSR count). The van der Waals surface area contributed by atoms with E-state index in [0.29, 0.717) is 39.5 Å². The molecule has 2 heterocycles. The van der Waals surface area contributed by atoms with E-state index in [2.05, 4.69) is 25.5 Å². The van der Waals surface area contributed by atoms with Crippen molar-refractivity contribution in [2.45, 2.75) is 13.5 Å². The fourth-order valence-electron chi connectivity index (χ4n) is 2.66. The standard InChI is InChI=1S/C19H13Cl2N5O2S/c1-10(27)28-11-5-6-16-14(7-11)24-17(29-16)9-22-19-25-15(8-23-26-19)18-12(20)3-2-4-13(18)21/h2-8H,9H2,1H3,(H,22,25,26). The minimum absolute atomic E-state index is 0.332. The van der Waals surface area contributed by atoms with Crippen molar-refractivity contribution in [3.8, 4) is 17.0 Å². The van der Waals surface area contributed by atoms with Gasteiger partial charge in [0, 0.05) is 18.6 Å². The minimum Gasteiger partial charge on any atom is -0.427 e. The first kappa shape index (κ1) is 19.5. The van der Waals surface area contributed by atoms with Gasteiger partial charge in [0.15, 0.2) is 0 Å². The lowest BCUT2D eigenvalue weighted by Crippen LogP contribution is -2.05. The third-order valence-corrected chi connectivity index (χ3v) is 5.51. The van der Waals surface area contributed by atoms with Gasteiger partial charge in [0.1, 0.15) is 10.8 Å². The van der Waals surface area contributed by atoms with Crippen LogP contribution in [-0.4, -0.2) is 26.1 Å². The number of hydrogen-bond acceptors (Lipinski definition) is 8. The van der Waals surface area contributed by atoms with Gasteiger partial charge in [-0.05, 0) is 24.3 Å². The van der Waals surface area contributed by atoms with E-state index in [1.807, 2.05) is 6.07 Å². The SMILES string of the molecule is CC(=O)Oc1ccc2sc(CNc3nncc(-c4c(Cl)cccc4Cl)n3)nc2c1. The average Bonchev–Trinajstić information content (AvgIpc) is 3.08. The molecule has 0 bridgehead atoms. The van der Waals surface area contributed by atoms with E-state index in [1.165, 1.54) is 24.5 Å². The zero-order valence-electron chi connectivity index (χ0n) is 15.0. The number of fused-ring (bicyclic) bond motifs is 1. The second kappa shape index (κ2) is 8.28. The van der Waals surface area contributed by atoms with Gasteiger partial charge in [-0.2, -0.15) is 5.10 Å². The molecular weight excluding hydrogens is 433 g/mol. The molecule has 0 aliphatic heterocycles. The van der Waals surface area contributed by atoms with Crippen LogP contribution in [0.25, 0.3) is 21.5 Å². The highest BCUT2D eigenvalue weighted by Gasteiger charge is 2.12. The van der Waals surface area contributed by atoms with E-state index in [1.54, 1.807) is 30.3 Å². The molecule has 2 aromatic heterocycles. The molecule has 0 spiro atoms. The molecule has 2 aromatic carbocycles. The summed E-state index contributed by atoms with van der Waals surface area (Å²) < 4.78 is 6.08. The van der Waals surface area contributed by atoms with Crippen LogP contribution in [0.15, 0.2) is 42.6 Å². The van der Waals surface area contributed by atoms with Crippen molar-refractivity contribution in [2.24, 2.45) is 0 Å². The van der Waals surface area contributed by atoms with Crippen LogP contribution in [0.4, 0.5) is 5.95 Å². The summed E-state index contributed by atoms with van der Waals surface area (Å²) in [6.45, 7) is 1.77. The molecule has 0 radical (unpaired) electrons. The Balaban J connectivity index is 1.53. The van der Waals surface area contributed by atoms with Gasteiger partial charge in [0.2, 0.25) is 5.95 Å². The van der Waals surface area contributed by atoms with Crippen LogP contribution >= 0.6 is 34.5 Å². The minimum atomic E-state index is -0.371. The van der Waals surface area contributed by atoms with E-state index >= 15 is 0 Å². The summed E-state index contributed by atoms with van der Waals surface area (Å²) in [5.74, 6) is 0.426. The van der Waals surface area contributed by atoms with E-state index < -0.39 is 0 Å². The van der Waals surface area contributed by atoms with E-state index in [0.717, 1.165) is 15.2 Å². The number of carbonyl (C=O) groups is 1. The highest BCUT2D eigenvalue weighted by molar-refractivity contribution is 7.18. The average molecular weight is 446 g/mol. The highest BCUT2D eigenvalue weighted by Crippen LogP contribution is 2.33. The number of carbonyl (C=O) groups excluding carboxylic acids is 1. The van der Waals surface area contributed by atoms with Crippen molar-refractivity contribution in [1.82, 2.24) is 20.2 Å². The third-order valence-electron chi connectivity index (χ3n) is 3.84. The summed E-state index contributed by atoms with van der Waals surface area (Å²) in [6.07, 6.45) is 1.51. The summed E-state index contributed by atoms with van der Waals surface area (Å²) in [5.41, 5.74) is 1.88. The number of nitrogens with zero attached hydrogens (tertiary/aromatic N) is 4. The molecule has 0 saturated carbocycles. The Morgan fingerprint density at radius 2 is 1.97 bits per heavy atom. The number of nitrogens with one attached hydrogen (secondary N) is 1. The zero-order valence-corrected chi connectivity index (χ0v) is 17.3. The normalized spacial score (nSPS) is 10.9. The molecule has 1 N–H and O–H groups in total. The molecule has 0 aliphatic rings. The molecule has 0 unspecified atom stereocenters. The lowest BCUT2D eigenvalue weighted by Gasteiger charge is -2.07. The Morgan fingerprint density at radius 3 is 2.72 bits per heavy atom. The molecule has 0 saturated heterocycles. The quantitative estimate of drug-likeness (QED) is 0.341. The number of esters is 1. The maximum atomic E-state index is 11.1. The molecule has 146 valence electrons. The first-order valence-electron chi connectivity index (χ1n) is 8.45. The fourth-order valence-corrected chi connectivity index (χ4v) is 4.13. The monoisotopic (exact) mass is 445 g/mol. The lowest BCUT2D eigenvalue weighted by molar-refractivity contribution is -0.131. The van der Waals surface area contributed by atoms with Gasteiger partial charge in [-0.3, -0.25) is 4.79 Å². The molecule has 0 amide bonds. The summed E-state index contributed by atoms with van der Waals surface area (Å²) >= 11 is 14.0. The van der Waals surface area contributed by atoms with Crippen molar-refractivity contribution in [3.05, 3.63) is 57.6 Å². The number of ether oxygens (including phenoxy) is 1. The molecular formula is C19H13Cl2N5O2S. The van der Waals surface area contributed by atoms with Crippen LogP contribution in [-0.2, 0) is 11.3 Å². The Morgan fingerprint density at radius 1 is 1.17 bits per heavy atom. The number of hydrogen-bond donors (Lipinski definition) is 1. The first-order chi connectivity index (χ1) is 14.0. The summed E-state index contributed by atoms with van der Waals surface area (Å²) in [5, 5.41) is 12.9. The summed E-state index contributed by atoms with van der Waals surface area (Å²) in [7, 11) is 0. The molecule has 29 heavy (non-hydrogen) atoms. The van der Waals surface area contributed by atoms with Gasteiger partial charge in [0.05, 0.1) is 38.7 Å². The predicted octanol–water partition coefficient (Wildman–Crippen LogP) is 4.99. The first-order valence-corrected chi connectivity index (χ1v) is 10.0. The topological polar surface area (TPSA) is 89.9 Å². The molecule has 0 aliphatic carbocycles. The molecule has 7 nitrogen and oxygen atoms in total. The van der Waals surface area contributed by atoms with Crippen molar-refractivity contribution in [2.75, 3.05) is 5.32 Å². The Labute approximate surface area is 179 Å². The van der Waals surface area contributed by atoms with Crippen molar-refractivity contribution in [3.63, 3.8) is 0 Å². The largest absolute Gasteiger partial charge is 0.427 e. The van der Waals surface area contributed by atoms with E-state index in [-0.39, 0.29) is 5.97 Å². The van der Waals surface area contributed by atoms with Gasteiger partial charge in [-0.25, -0.2) is 9.97 Å². The lowest BCUT2D eigenvalue weighted by atomic mass is 10.1.